The minimum atomic E-state index is -1.63. The van der Waals surface area contributed by atoms with Crippen molar-refractivity contribution < 1.29 is 38.0 Å². The smallest absolute Gasteiger partial charge is 0.191 e. The van der Waals surface area contributed by atoms with Gasteiger partial charge in [0.2, 0.25) is 0 Å². The molecule has 390 valence electrons. The van der Waals surface area contributed by atoms with E-state index in [9.17, 15) is 0 Å². The molecule has 70 heavy (non-hydrogen) atoms. The molecule has 2 heterocycles. The number of fused-ring (bicyclic) bond motifs is 2. The number of thioether (sulfide) groups is 2. The molecule has 0 saturated heterocycles. The maximum absolute atomic E-state index is 8.88. The Morgan fingerprint density at radius 2 is 0.900 bits per heavy atom. The third-order valence-corrected chi connectivity index (χ3v) is 22.4. The summed E-state index contributed by atoms with van der Waals surface area (Å²) in [6.45, 7) is 20.7. The molecule has 11 heteroatoms. The van der Waals surface area contributed by atoms with Gasteiger partial charge in [-0.1, -0.05) is 78.4 Å². The Balaban J connectivity index is 0.000000306. The molecule has 0 spiro atoms. The Hall–Kier alpha value is -3.16. The van der Waals surface area contributed by atoms with Crippen LogP contribution in [0.3, 0.4) is 0 Å². The summed E-state index contributed by atoms with van der Waals surface area (Å²) in [5, 5.41) is 9.16. The van der Waals surface area contributed by atoms with Crippen molar-refractivity contribution in [2.75, 3.05) is 79.6 Å². The normalized spacial score (nSPS) is 19.7. The van der Waals surface area contributed by atoms with Crippen LogP contribution < -0.4 is 18.9 Å². The number of aliphatic hydroxyl groups excluding tert-OH is 1. The molecule has 8 nitrogen and oxygen atoms in total. The van der Waals surface area contributed by atoms with E-state index in [1.165, 1.54) is 38.5 Å². The summed E-state index contributed by atoms with van der Waals surface area (Å²) >= 11 is 3.87. The highest BCUT2D eigenvalue weighted by molar-refractivity contribution is 7.99. The SMILES string of the molecule is C.COc1ccc([C@@]2(C)CSc3cc(OC)ccc3[C@H]2CCCOCCCCCO)cc1.COc1ccc([C@@]2(C)CSc3cc(OC)ccc3[C@H]2CCCOCCCCCO[Si](C)(C)C(C)(C)C)cc1. The van der Waals surface area contributed by atoms with Crippen molar-refractivity contribution >= 4 is 31.8 Å². The molecule has 2 aliphatic rings. The monoisotopic (exact) mass is 1020 g/mol. The Kier molecular flexibility index (Phi) is 24.5. The van der Waals surface area contributed by atoms with Crippen molar-refractivity contribution in [1.82, 2.24) is 0 Å². The van der Waals surface area contributed by atoms with E-state index in [1.54, 1.807) is 28.4 Å². The fourth-order valence-electron chi connectivity index (χ4n) is 9.42. The fourth-order valence-corrected chi connectivity index (χ4v) is 13.3. The van der Waals surface area contributed by atoms with Gasteiger partial charge in [-0.3, -0.25) is 0 Å². The van der Waals surface area contributed by atoms with Gasteiger partial charge in [0.15, 0.2) is 8.32 Å². The van der Waals surface area contributed by atoms with Crippen molar-refractivity contribution in [2.45, 2.75) is 157 Å². The molecule has 4 aromatic carbocycles. The lowest BCUT2D eigenvalue weighted by atomic mass is 9.68. The van der Waals surface area contributed by atoms with E-state index in [0.29, 0.717) is 11.8 Å². The number of hydrogen-bond acceptors (Lipinski definition) is 10. The number of ether oxygens (including phenoxy) is 6. The van der Waals surface area contributed by atoms with Crippen LogP contribution in [0.25, 0.3) is 0 Å². The van der Waals surface area contributed by atoms with E-state index >= 15 is 0 Å². The third kappa shape index (κ3) is 16.2. The van der Waals surface area contributed by atoms with E-state index < -0.39 is 8.32 Å². The molecule has 0 saturated carbocycles. The minimum absolute atomic E-state index is 0. The van der Waals surface area contributed by atoms with E-state index in [0.717, 1.165) is 125 Å². The van der Waals surface area contributed by atoms with Crippen molar-refractivity contribution in [3.05, 3.63) is 107 Å². The average molecular weight is 1020 g/mol. The second-order valence-corrected chi connectivity index (χ2v) is 27.6. The van der Waals surface area contributed by atoms with Crippen LogP contribution in [0, 0.1) is 0 Å². The highest BCUT2D eigenvalue weighted by Gasteiger charge is 2.43. The quantitative estimate of drug-likeness (QED) is 0.0485. The number of rotatable bonds is 26. The van der Waals surface area contributed by atoms with Gasteiger partial charge < -0.3 is 38.0 Å². The second kappa shape index (κ2) is 28.9. The third-order valence-electron chi connectivity index (χ3n) is 15.0. The molecule has 2 aliphatic heterocycles. The highest BCUT2D eigenvalue weighted by atomic mass is 32.2. The van der Waals surface area contributed by atoms with Crippen LogP contribution in [0.4, 0.5) is 0 Å². The summed E-state index contributed by atoms with van der Waals surface area (Å²) in [5.74, 6) is 6.57. The first-order valence-corrected chi connectivity index (χ1v) is 30.3. The second-order valence-electron chi connectivity index (χ2n) is 20.7. The number of unbranched alkanes of at least 4 members (excludes halogenated alkanes) is 4. The number of aliphatic hydroxyl groups is 1. The van der Waals surface area contributed by atoms with Gasteiger partial charge in [0.1, 0.15) is 23.0 Å². The van der Waals surface area contributed by atoms with Crippen LogP contribution in [0.1, 0.15) is 140 Å². The summed E-state index contributed by atoms with van der Waals surface area (Å²) in [7, 11) is 5.28. The Morgan fingerprint density at radius 3 is 1.29 bits per heavy atom. The predicted molar refractivity (Wildman–Crippen MR) is 298 cm³/mol. The Labute approximate surface area is 434 Å². The molecule has 4 atom stereocenters. The molecule has 6 rings (SSSR count). The zero-order valence-corrected chi connectivity index (χ0v) is 46.7. The van der Waals surface area contributed by atoms with Crippen LogP contribution in [-0.2, 0) is 24.7 Å². The lowest BCUT2D eigenvalue weighted by molar-refractivity contribution is 0.121. The van der Waals surface area contributed by atoms with Crippen LogP contribution in [0.15, 0.2) is 94.7 Å². The van der Waals surface area contributed by atoms with Gasteiger partial charge in [0, 0.05) is 71.8 Å². The van der Waals surface area contributed by atoms with Crippen LogP contribution in [0.2, 0.25) is 18.1 Å². The average Bonchev–Trinajstić information content (AvgIpc) is 3.36. The van der Waals surface area contributed by atoms with E-state index in [4.69, 9.17) is 38.0 Å². The molecule has 1 N–H and O–H groups in total. The fraction of sp³-hybridized carbons (Fsp3) is 0.593. The number of benzene rings is 4. The maximum Gasteiger partial charge on any atom is 0.191 e. The van der Waals surface area contributed by atoms with Crippen molar-refractivity contribution in [2.24, 2.45) is 0 Å². The van der Waals surface area contributed by atoms with Crippen molar-refractivity contribution in [1.29, 1.82) is 0 Å². The van der Waals surface area contributed by atoms with E-state index in [2.05, 4.69) is 133 Å². The van der Waals surface area contributed by atoms with Gasteiger partial charge in [0.05, 0.1) is 28.4 Å². The summed E-state index contributed by atoms with van der Waals surface area (Å²) in [6, 6.07) is 30.4. The molecule has 0 radical (unpaired) electrons. The number of hydrogen-bond donors (Lipinski definition) is 1. The van der Waals surface area contributed by atoms with Gasteiger partial charge in [-0.05, 0) is 165 Å². The molecular weight excluding hydrogens is 929 g/mol. The topological polar surface area (TPSA) is 84.8 Å². The summed E-state index contributed by atoms with van der Waals surface area (Å²) in [6.07, 6.45) is 10.6. The molecule has 0 fully saturated rings. The maximum atomic E-state index is 8.88. The van der Waals surface area contributed by atoms with Crippen LogP contribution in [0.5, 0.6) is 23.0 Å². The Morgan fingerprint density at radius 1 is 0.529 bits per heavy atom. The Bertz CT molecular complexity index is 2110. The zero-order chi connectivity index (χ0) is 49.9. The highest BCUT2D eigenvalue weighted by Crippen LogP contribution is 2.54. The van der Waals surface area contributed by atoms with Gasteiger partial charge in [-0.25, -0.2) is 0 Å². The molecular formula is C59H90O8S2Si. The molecule has 0 amide bonds. The predicted octanol–water partition coefficient (Wildman–Crippen LogP) is 15.3. The lowest BCUT2D eigenvalue weighted by Gasteiger charge is -2.43. The molecule has 0 aromatic heterocycles. The first-order valence-electron chi connectivity index (χ1n) is 25.4. The molecule has 0 unspecified atom stereocenters. The first-order chi connectivity index (χ1) is 33.1. The summed E-state index contributed by atoms with van der Waals surface area (Å²) in [5.41, 5.74) is 5.66. The summed E-state index contributed by atoms with van der Waals surface area (Å²) in [4.78, 5) is 2.68. The molecule has 0 aliphatic carbocycles. The molecule has 4 aromatic rings. The van der Waals surface area contributed by atoms with E-state index in [-0.39, 0.29) is 29.9 Å². The lowest BCUT2D eigenvalue weighted by Crippen LogP contribution is -2.40. The van der Waals surface area contributed by atoms with Crippen molar-refractivity contribution in [3.63, 3.8) is 0 Å². The summed E-state index contributed by atoms with van der Waals surface area (Å²) < 4.78 is 40.0. The van der Waals surface area contributed by atoms with Crippen molar-refractivity contribution in [3.8, 4) is 23.0 Å². The first kappa shape index (κ1) is 59.4. The molecule has 0 bridgehead atoms. The minimum Gasteiger partial charge on any atom is -0.497 e. The standard InChI is InChI=1S/C32H50O4SSi.C26H36O4S.CH4/c1-31(2,3)38(7,8)36-22-11-9-10-20-35-21-12-13-29-28-19-18-27(34-6)23-30(28)37-24-32(29,4)25-14-16-26(33-5)17-15-25;1-26(20-9-11-21(28-2)12-10-20)19-31-25-18-22(29-3)13-14-23(25)24(26)8-7-17-30-16-6-4-5-15-27;/h14-19,23,29H,9-13,20-22,24H2,1-8H3;9-14,18,24,27H,4-8,15-17,19H2,1-3H3;1H4/t29-,32-;24-,26-;/m11./s1. The van der Waals surface area contributed by atoms with Crippen LogP contribution in [-0.4, -0.2) is 93.0 Å². The largest absolute Gasteiger partial charge is 0.497 e. The van der Waals surface area contributed by atoms with E-state index in [1.807, 2.05) is 23.5 Å². The van der Waals surface area contributed by atoms with Gasteiger partial charge >= 0.3 is 0 Å². The zero-order valence-electron chi connectivity index (χ0n) is 44.1. The van der Waals surface area contributed by atoms with Crippen LogP contribution >= 0.6 is 23.5 Å². The van der Waals surface area contributed by atoms with Gasteiger partial charge in [0.25, 0.3) is 0 Å². The van der Waals surface area contributed by atoms with Gasteiger partial charge in [-0.15, -0.1) is 23.5 Å². The van der Waals surface area contributed by atoms with Gasteiger partial charge in [-0.2, -0.15) is 0 Å². The number of methoxy groups -OCH3 is 4.